The SMILES string of the molecule is O=C(c1ccc(F)cc1)C1COCCO1. The van der Waals surface area contributed by atoms with Gasteiger partial charge < -0.3 is 9.47 Å². The molecule has 15 heavy (non-hydrogen) atoms. The summed E-state index contributed by atoms with van der Waals surface area (Å²) in [6, 6.07) is 5.43. The minimum absolute atomic E-state index is 0.158. The number of ether oxygens (including phenoxy) is 2. The molecule has 3 nitrogen and oxygen atoms in total. The first-order valence-corrected chi connectivity index (χ1v) is 4.76. The average Bonchev–Trinajstić information content (AvgIpc) is 2.30. The first-order valence-electron chi connectivity index (χ1n) is 4.76. The van der Waals surface area contributed by atoms with Gasteiger partial charge in [0.15, 0.2) is 5.78 Å². The minimum atomic E-state index is -0.552. The van der Waals surface area contributed by atoms with Crippen molar-refractivity contribution in [2.45, 2.75) is 6.10 Å². The van der Waals surface area contributed by atoms with Gasteiger partial charge in [0.1, 0.15) is 11.9 Å². The first kappa shape index (κ1) is 10.3. The molecule has 1 fully saturated rings. The van der Waals surface area contributed by atoms with E-state index in [4.69, 9.17) is 9.47 Å². The standard InChI is InChI=1S/C11H11FO3/c12-9-3-1-8(2-4-9)11(13)10-7-14-5-6-15-10/h1-4,10H,5-7H2. The maximum absolute atomic E-state index is 12.6. The Kier molecular flexibility index (Phi) is 3.08. The zero-order chi connectivity index (χ0) is 10.7. The molecule has 0 aliphatic carbocycles. The number of hydrogen-bond donors (Lipinski definition) is 0. The summed E-state index contributed by atoms with van der Waals surface area (Å²) in [5, 5.41) is 0. The van der Waals surface area contributed by atoms with Gasteiger partial charge in [0.2, 0.25) is 0 Å². The molecule has 0 amide bonds. The molecule has 0 aromatic heterocycles. The van der Waals surface area contributed by atoms with E-state index >= 15 is 0 Å². The molecule has 4 heteroatoms. The van der Waals surface area contributed by atoms with Crippen molar-refractivity contribution in [1.82, 2.24) is 0 Å². The summed E-state index contributed by atoms with van der Waals surface area (Å²) in [6.45, 7) is 1.22. The number of ketones is 1. The molecule has 1 saturated heterocycles. The predicted molar refractivity (Wildman–Crippen MR) is 51.3 cm³/mol. The van der Waals surface area contributed by atoms with Gasteiger partial charge in [-0.1, -0.05) is 0 Å². The molecule has 0 radical (unpaired) electrons. The second-order valence-electron chi connectivity index (χ2n) is 3.31. The van der Waals surface area contributed by atoms with Crippen LogP contribution in [0, 0.1) is 5.82 Å². The lowest BCUT2D eigenvalue weighted by Gasteiger charge is -2.21. The number of benzene rings is 1. The molecule has 0 bridgehead atoms. The normalized spacial score (nSPS) is 21.3. The molecule has 2 rings (SSSR count). The molecular weight excluding hydrogens is 199 g/mol. The molecule has 1 unspecified atom stereocenters. The van der Waals surface area contributed by atoms with Crippen LogP contribution in [0.2, 0.25) is 0 Å². The molecule has 1 aliphatic rings. The molecule has 80 valence electrons. The zero-order valence-corrected chi connectivity index (χ0v) is 8.11. The van der Waals surface area contributed by atoms with Crippen LogP contribution in [-0.2, 0) is 9.47 Å². The van der Waals surface area contributed by atoms with Crippen LogP contribution in [0.1, 0.15) is 10.4 Å². The number of rotatable bonds is 2. The smallest absolute Gasteiger partial charge is 0.193 e. The molecule has 0 spiro atoms. The fourth-order valence-electron chi connectivity index (χ4n) is 1.44. The maximum atomic E-state index is 12.6. The molecule has 1 aliphatic heterocycles. The minimum Gasteiger partial charge on any atom is -0.376 e. The quantitative estimate of drug-likeness (QED) is 0.692. The van der Waals surface area contributed by atoms with Gasteiger partial charge in [-0.15, -0.1) is 0 Å². The van der Waals surface area contributed by atoms with E-state index in [1.165, 1.54) is 24.3 Å². The lowest BCUT2D eigenvalue weighted by molar-refractivity contribution is -0.0719. The van der Waals surface area contributed by atoms with Gasteiger partial charge in [0.05, 0.1) is 19.8 Å². The van der Waals surface area contributed by atoms with E-state index in [0.29, 0.717) is 18.8 Å². The molecule has 1 heterocycles. The summed E-state index contributed by atoms with van der Waals surface area (Å²) in [7, 11) is 0. The topological polar surface area (TPSA) is 35.5 Å². The second-order valence-corrected chi connectivity index (χ2v) is 3.31. The van der Waals surface area contributed by atoms with Gasteiger partial charge in [-0.3, -0.25) is 4.79 Å². The van der Waals surface area contributed by atoms with Crippen LogP contribution in [0.25, 0.3) is 0 Å². The van der Waals surface area contributed by atoms with Gasteiger partial charge in [-0.25, -0.2) is 4.39 Å². The lowest BCUT2D eigenvalue weighted by atomic mass is 10.1. The Morgan fingerprint density at radius 3 is 2.60 bits per heavy atom. The lowest BCUT2D eigenvalue weighted by Crippen LogP contribution is -2.35. The number of carbonyl (C=O) groups is 1. The number of hydrogen-bond acceptors (Lipinski definition) is 3. The van der Waals surface area contributed by atoms with Gasteiger partial charge in [0.25, 0.3) is 0 Å². The van der Waals surface area contributed by atoms with E-state index < -0.39 is 6.10 Å². The fourth-order valence-corrected chi connectivity index (χ4v) is 1.44. The third-order valence-corrected chi connectivity index (χ3v) is 2.24. The number of halogens is 1. The van der Waals surface area contributed by atoms with E-state index in [0.717, 1.165) is 0 Å². The summed E-state index contributed by atoms with van der Waals surface area (Å²) in [6.07, 6.45) is -0.552. The van der Waals surface area contributed by atoms with Gasteiger partial charge in [-0.05, 0) is 24.3 Å². The van der Waals surface area contributed by atoms with Crippen LogP contribution in [0.4, 0.5) is 4.39 Å². The molecule has 0 saturated carbocycles. The Labute approximate surface area is 86.8 Å². The van der Waals surface area contributed by atoms with Gasteiger partial charge in [-0.2, -0.15) is 0 Å². The second kappa shape index (κ2) is 4.51. The van der Waals surface area contributed by atoms with Crippen molar-refractivity contribution < 1.29 is 18.7 Å². The van der Waals surface area contributed by atoms with E-state index in [9.17, 15) is 9.18 Å². The Morgan fingerprint density at radius 1 is 1.27 bits per heavy atom. The summed E-state index contributed by atoms with van der Waals surface area (Å²) in [4.78, 5) is 11.8. The summed E-state index contributed by atoms with van der Waals surface area (Å²) in [5.41, 5.74) is 0.451. The highest BCUT2D eigenvalue weighted by atomic mass is 19.1. The van der Waals surface area contributed by atoms with Crippen molar-refractivity contribution >= 4 is 5.78 Å². The Hall–Kier alpha value is -1.26. The van der Waals surface area contributed by atoms with Gasteiger partial charge >= 0.3 is 0 Å². The third-order valence-electron chi connectivity index (χ3n) is 2.24. The zero-order valence-electron chi connectivity index (χ0n) is 8.11. The molecule has 1 atom stereocenters. The van der Waals surface area contributed by atoms with Crippen LogP contribution in [0.15, 0.2) is 24.3 Å². The third kappa shape index (κ3) is 2.40. The fraction of sp³-hybridized carbons (Fsp3) is 0.364. The van der Waals surface area contributed by atoms with Crippen molar-refractivity contribution in [2.24, 2.45) is 0 Å². The molecule has 0 N–H and O–H groups in total. The van der Waals surface area contributed by atoms with Crippen LogP contribution in [-0.4, -0.2) is 31.7 Å². The molecular formula is C11H11FO3. The molecule has 1 aromatic rings. The Balaban J connectivity index is 2.09. The van der Waals surface area contributed by atoms with Crippen molar-refractivity contribution in [3.63, 3.8) is 0 Å². The van der Waals surface area contributed by atoms with E-state index in [1.807, 2.05) is 0 Å². The van der Waals surface area contributed by atoms with E-state index in [-0.39, 0.29) is 18.2 Å². The maximum Gasteiger partial charge on any atom is 0.193 e. The van der Waals surface area contributed by atoms with Crippen LogP contribution >= 0.6 is 0 Å². The average molecular weight is 210 g/mol. The highest BCUT2D eigenvalue weighted by Gasteiger charge is 2.23. The van der Waals surface area contributed by atoms with Crippen molar-refractivity contribution in [3.8, 4) is 0 Å². The monoisotopic (exact) mass is 210 g/mol. The highest BCUT2D eigenvalue weighted by Crippen LogP contribution is 2.10. The summed E-state index contributed by atoms with van der Waals surface area (Å²) in [5.74, 6) is -0.512. The van der Waals surface area contributed by atoms with Crippen LogP contribution < -0.4 is 0 Å². The van der Waals surface area contributed by atoms with Crippen LogP contribution in [0.3, 0.4) is 0 Å². The predicted octanol–water partition coefficient (Wildman–Crippen LogP) is 1.42. The Morgan fingerprint density at radius 2 is 2.00 bits per heavy atom. The van der Waals surface area contributed by atoms with E-state index in [2.05, 4.69) is 0 Å². The van der Waals surface area contributed by atoms with Crippen molar-refractivity contribution in [1.29, 1.82) is 0 Å². The number of carbonyl (C=O) groups excluding carboxylic acids is 1. The van der Waals surface area contributed by atoms with Crippen LogP contribution in [0.5, 0.6) is 0 Å². The summed E-state index contributed by atoms with van der Waals surface area (Å²) >= 11 is 0. The van der Waals surface area contributed by atoms with E-state index in [1.54, 1.807) is 0 Å². The summed E-state index contributed by atoms with van der Waals surface area (Å²) < 4.78 is 23.0. The van der Waals surface area contributed by atoms with Gasteiger partial charge in [0, 0.05) is 5.56 Å². The van der Waals surface area contributed by atoms with Crippen molar-refractivity contribution in [2.75, 3.05) is 19.8 Å². The van der Waals surface area contributed by atoms with Crippen molar-refractivity contribution in [3.05, 3.63) is 35.6 Å². The Bertz CT molecular complexity index is 341. The first-order chi connectivity index (χ1) is 7.27. The molecule has 1 aromatic carbocycles. The highest BCUT2D eigenvalue weighted by molar-refractivity contribution is 5.99. The largest absolute Gasteiger partial charge is 0.376 e. The number of Topliss-reactive ketones (excluding diaryl/α,β-unsaturated/α-hetero) is 1.